The van der Waals surface area contributed by atoms with Crippen LogP contribution in [0.15, 0.2) is 17.0 Å². The first-order valence-corrected chi connectivity index (χ1v) is 10.1. The predicted octanol–water partition coefficient (Wildman–Crippen LogP) is 1.15. The highest BCUT2D eigenvalue weighted by molar-refractivity contribution is 7.89. The van der Waals surface area contributed by atoms with Gasteiger partial charge in [0.25, 0.3) is 5.91 Å². The first-order chi connectivity index (χ1) is 12.1. The molecule has 2 rings (SSSR count). The van der Waals surface area contributed by atoms with Crippen molar-refractivity contribution in [2.24, 2.45) is 5.92 Å². The normalized spacial score (nSPS) is 17.9. The summed E-state index contributed by atoms with van der Waals surface area (Å²) in [4.78, 5) is 28.5. The monoisotopic (exact) mass is 381 g/mol. The second kappa shape index (κ2) is 7.75. The van der Waals surface area contributed by atoms with Crippen LogP contribution in [0.1, 0.15) is 34.3 Å². The molecule has 1 saturated heterocycles. The van der Waals surface area contributed by atoms with Gasteiger partial charge in [-0.2, -0.15) is 0 Å². The highest BCUT2D eigenvalue weighted by Gasteiger charge is 2.30. The number of piperidine rings is 1. The fourth-order valence-corrected chi connectivity index (χ4v) is 4.32. The summed E-state index contributed by atoms with van der Waals surface area (Å²) >= 11 is 0. The van der Waals surface area contributed by atoms with Gasteiger partial charge in [-0.25, -0.2) is 13.1 Å². The Balaban J connectivity index is 2.34. The van der Waals surface area contributed by atoms with Crippen molar-refractivity contribution >= 4 is 21.8 Å². The van der Waals surface area contributed by atoms with Crippen LogP contribution in [0.5, 0.6) is 0 Å². The van der Waals surface area contributed by atoms with E-state index in [9.17, 15) is 18.0 Å². The zero-order valence-electron chi connectivity index (χ0n) is 16.0. The first-order valence-electron chi connectivity index (χ1n) is 8.63. The molecule has 0 aliphatic carbocycles. The van der Waals surface area contributed by atoms with Gasteiger partial charge >= 0.3 is 0 Å². The fourth-order valence-electron chi connectivity index (χ4n) is 3.25. The highest BCUT2D eigenvalue weighted by Crippen LogP contribution is 2.24. The van der Waals surface area contributed by atoms with E-state index in [1.165, 1.54) is 13.1 Å². The number of amides is 2. The van der Waals surface area contributed by atoms with Crippen molar-refractivity contribution in [2.45, 2.75) is 31.6 Å². The maximum atomic E-state index is 13.0. The lowest BCUT2D eigenvalue weighted by atomic mass is 9.95. The Morgan fingerprint density at radius 2 is 1.88 bits per heavy atom. The summed E-state index contributed by atoms with van der Waals surface area (Å²) in [6.45, 7) is 4.43. The quantitative estimate of drug-likeness (QED) is 0.848. The minimum Gasteiger partial charge on any atom is -0.349 e. The van der Waals surface area contributed by atoms with Crippen LogP contribution in [0.2, 0.25) is 0 Å². The van der Waals surface area contributed by atoms with Crippen LogP contribution in [-0.4, -0.2) is 64.3 Å². The number of sulfonamides is 1. The number of aryl methyl sites for hydroxylation is 1. The molecule has 1 heterocycles. The molecule has 1 fully saturated rings. The van der Waals surface area contributed by atoms with E-state index in [4.69, 9.17) is 0 Å². The third-order valence-corrected chi connectivity index (χ3v) is 6.46. The third-order valence-electron chi connectivity index (χ3n) is 4.92. The molecular formula is C18H27N3O4S. The maximum Gasteiger partial charge on any atom is 0.253 e. The van der Waals surface area contributed by atoms with Gasteiger partial charge in [-0.15, -0.1) is 0 Å². The van der Waals surface area contributed by atoms with Crippen molar-refractivity contribution in [3.8, 4) is 0 Å². The molecule has 1 atom stereocenters. The van der Waals surface area contributed by atoms with Gasteiger partial charge in [0.1, 0.15) is 0 Å². The Morgan fingerprint density at radius 3 is 2.46 bits per heavy atom. The Kier molecular flexibility index (Phi) is 6.08. The molecular weight excluding hydrogens is 354 g/mol. The van der Waals surface area contributed by atoms with Crippen molar-refractivity contribution in [2.75, 3.05) is 34.2 Å². The zero-order chi connectivity index (χ0) is 19.6. The van der Waals surface area contributed by atoms with Crippen LogP contribution >= 0.6 is 0 Å². The molecule has 1 aromatic rings. The van der Waals surface area contributed by atoms with Crippen LogP contribution in [0.4, 0.5) is 0 Å². The summed E-state index contributed by atoms with van der Waals surface area (Å²) < 4.78 is 26.8. The van der Waals surface area contributed by atoms with Crippen molar-refractivity contribution in [3.05, 3.63) is 28.8 Å². The largest absolute Gasteiger partial charge is 0.349 e. The topological polar surface area (TPSA) is 86.8 Å². The van der Waals surface area contributed by atoms with Gasteiger partial charge in [0.2, 0.25) is 15.9 Å². The molecule has 0 aromatic heterocycles. The maximum absolute atomic E-state index is 13.0. The predicted molar refractivity (Wildman–Crippen MR) is 99.5 cm³/mol. The standard InChI is InChI=1S/C18H27N3O4S/c1-12-9-15(10-16(13(12)2)26(24,25)19-3)18(23)21-8-6-7-14(11-21)17(22)20(4)5/h9-10,14,19H,6-8,11H2,1-5H3/t14-/m1/s1. The van der Waals surface area contributed by atoms with E-state index in [1.807, 2.05) is 0 Å². The minimum absolute atomic E-state index is 0.0148. The van der Waals surface area contributed by atoms with Gasteiger partial charge in [0, 0.05) is 32.7 Å². The number of likely N-dealkylation sites (tertiary alicyclic amines) is 1. The lowest BCUT2D eigenvalue weighted by Gasteiger charge is -2.33. The van der Waals surface area contributed by atoms with Crippen molar-refractivity contribution < 1.29 is 18.0 Å². The van der Waals surface area contributed by atoms with Gasteiger partial charge in [-0.05, 0) is 57.0 Å². The molecule has 1 aliphatic rings. The molecule has 1 N–H and O–H groups in total. The number of rotatable bonds is 4. The van der Waals surface area contributed by atoms with E-state index in [0.717, 1.165) is 18.4 Å². The van der Waals surface area contributed by atoms with Gasteiger partial charge in [-0.1, -0.05) is 0 Å². The molecule has 7 nitrogen and oxygen atoms in total. The summed E-state index contributed by atoms with van der Waals surface area (Å²) in [5, 5.41) is 0. The molecule has 8 heteroatoms. The SMILES string of the molecule is CNS(=O)(=O)c1cc(C(=O)N2CCC[C@@H](C(=O)N(C)C)C2)cc(C)c1C. The van der Waals surface area contributed by atoms with E-state index in [1.54, 1.807) is 43.8 Å². The number of nitrogens with zero attached hydrogens (tertiary/aromatic N) is 2. The highest BCUT2D eigenvalue weighted by atomic mass is 32.2. The second-order valence-corrected chi connectivity index (χ2v) is 8.80. The summed E-state index contributed by atoms with van der Waals surface area (Å²) in [6, 6.07) is 3.14. The molecule has 0 spiro atoms. The minimum atomic E-state index is -3.66. The average Bonchev–Trinajstić information content (AvgIpc) is 2.62. The molecule has 144 valence electrons. The molecule has 0 unspecified atom stereocenters. The van der Waals surface area contributed by atoms with Gasteiger partial charge in [0.15, 0.2) is 0 Å². The number of hydrogen-bond acceptors (Lipinski definition) is 4. The number of carbonyl (C=O) groups excluding carboxylic acids is 2. The zero-order valence-corrected chi connectivity index (χ0v) is 16.8. The van der Waals surface area contributed by atoms with Crippen LogP contribution < -0.4 is 4.72 Å². The molecule has 0 radical (unpaired) electrons. The molecule has 26 heavy (non-hydrogen) atoms. The Hall–Kier alpha value is -1.93. The summed E-state index contributed by atoms with van der Waals surface area (Å²) in [5.74, 6) is -0.437. The van der Waals surface area contributed by atoms with Crippen molar-refractivity contribution in [1.29, 1.82) is 0 Å². The summed E-state index contributed by atoms with van der Waals surface area (Å²) in [6.07, 6.45) is 1.51. The van der Waals surface area contributed by atoms with Gasteiger partial charge in [0.05, 0.1) is 10.8 Å². The Labute approximate surface area is 155 Å². The second-order valence-electron chi connectivity index (χ2n) is 6.95. The molecule has 1 aromatic carbocycles. The van der Waals surface area contributed by atoms with Crippen LogP contribution in [0.25, 0.3) is 0 Å². The van der Waals surface area contributed by atoms with Crippen LogP contribution in [0, 0.1) is 19.8 Å². The molecule has 0 saturated carbocycles. The van der Waals surface area contributed by atoms with E-state index >= 15 is 0 Å². The number of benzene rings is 1. The average molecular weight is 381 g/mol. The Morgan fingerprint density at radius 1 is 1.23 bits per heavy atom. The van der Waals surface area contributed by atoms with Crippen LogP contribution in [-0.2, 0) is 14.8 Å². The molecule has 1 aliphatic heterocycles. The summed E-state index contributed by atoms with van der Waals surface area (Å²) in [7, 11) is 1.11. The van der Waals surface area contributed by atoms with E-state index in [2.05, 4.69) is 4.72 Å². The van der Waals surface area contributed by atoms with E-state index < -0.39 is 10.0 Å². The first kappa shape index (κ1) is 20.4. The van der Waals surface area contributed by atoms with Crippen molar-refractivity contribution in [1.82, 2.24) is 14.5 Å². The number of hydrogen-bond donors (Lipinski definition) is 1. The van der Waals surface area contributed by atoms with Crippen molar-refractivity contribution in [3.63, 3.8) is 0 Å². The van der Waals surface area contributed by atoms with E-state index in [-0.39, 0.29) is 22.6 Å². The number of carbonyl (C=O) groups is 2. The number of nitrogens with one attached hydrogen (secondary N) is 1. The lowest BCUT2D eigenvalue weighted by Crippen LogP contribution is -2.45. The third kappa shape index (κ3) is 4.07. The van der Waals surface area contributed by atoms with Crippen LogP contribution in [0.3, 0.4) is 0 Å². The molecule has 0 bridgehead atoms. The van der Waals surface area contributed by atoms with E-state index in [0.29, 0.717) is 24.2 Å². The smallest absolute Gasteiger partial charge is 0.253 e. The fraction of sp³-hybridized carbons (Fsp3) is 0.556. The summed E-state index contributed by atoms with van der Waals surface area (Å²) in [5.41, 5.74) is 1.69. The molecule has 2 amide bonds. The Bertz CT molecular complexity index is 818. The lowest BCUT2D eigenvalue weighted by molar-refractivity contribution is -0.134. The van der Waals surface area contributed by atoms with Gasteiger partial charge < -0.3 is 9.80 Å². The van der Waals surface area contributed by atoms with Gasteiger partial charge in [-0.3, -0.25) is 9.59 Å².